The third-order valence-corrected chi connectivity index (χ3v) is 4.98. The van der Waals surface area contributed by atoms with Gasteiger partial charge in [-0.15, -0.1) is 12.4 Å². The number of quaternary nitrogens is 1. The first kappa shape index (κ1) is 18.9. The van der Waals surface area contributed by atoms with E-state index in [4.69, 9.17) is 4.74 Å². The van der Waals surface area contributed by atoms with Crippen LogP contribution in [0.1, 0.15) is 35.2 Å². The van der Waals surface area contributed by atoms with Gasteiger partial charge in [-0.25, -0.2) is 0 Å². The van der Waals surface area contributed by atoms with Gasteiger partial charge in [-0.3, -0.25) is 4.79 Å². The molecule has 6 heteroatoms. The number of halogens is 1. The standard InChI is InChI=1S/C18H21NO3S.ClH/c20-18(16-8-13-23-14-16)15-4-6-17(7-5-15)22-12-11-19(21)9-2-1-3-10-19;/h4-8,13-14H,1-3,9-12H2;1H. The minimum absolute atomic E-state index is 0. The molecule has 0 bridgehead atoms. The molecule has 0 saturated carbocycles. The zero-order valence-corrected chi connectivity index (χ0v) is 15.1. The molecule has 0 spiro atoms. The summed E-state index contributed by atoms with van der Waals surface area (Å²) in [7, 11) is 0. The maximum absolute atomic E-state index is 12.4. The predicted octanol–water partition coefficient (Wildman–Crippen LogP) is 4.28. The molecule has 1 aromatic heterocycles. The molecule has 2 aromatic rings. The van der Waals surface area contributed by atoms with Crippen LogP contribution >= 0.6 is 23.7 Å². The fraction of sp³-hybridized carbons (Fsp3) is 0.389. The first-order chi connectivity index (χ1) is 11.2. The van der Waals surface area contributed by atoms with E-state index >= 15 is 0 Å². The molecule has 2 heterocycles. The minimum Gasteiger partial charge on any atom is -0.633 e. The van der Waals surface area contributed by atoms with Gasteiger partial charge in [-0.1, -0.05) is 0 Å². The lowest BCUT2D eigenvalue weighted by atomic mass is 10.1. The maximum atomic E-state index is 12.4. The van der Waals surface area contributed by atoms with Crippen molar-refractivity contribution in [2.45, 2.75) is 19.3 Å². The number of likely N-dealkylation sites (tertiary alicyclic amines) is 1. The van der Waals surface area contributed by atoms with Crippen molar-refractivity contribution in [2.24, 2.45) is 0 Å². The molecular weight excluding hydrogens is 346 g/mol. The highest BCUT2D eigenvalue weighted by molar-refractivity contribution is 7.08. The monoisotopic (exact) mass is 367 g/mol. The van der Waals surface area contributed by atoms with Crippen LogP contribution in [0.15, 0.2) is 41.1 Å². The highest BCUT2D eigenvalue weighted by atomic mass is 35.5. The zero-order chi connectivity index (χ0) is 16.1. The second-order valence-corrected chi connectivity index (χ2v) is 6.78. The maximum Gasteiger partial charge on any atom is 0.193 e. The molecule has 0 radical (unpaired) electrons. The summed E-state index contributed by atoms with van der Waals surface area (Å²) in [5.74, 6) is 0.727. The van der Waals surface area contributed by atoms with Crippen LogP contribution in [0.5, 0.6) is 5.75 Å². The van der Waals surface area contributed by atoms with Crippen molar-refractivity contribution in [1.29, 1.82) is 0 Å². The van der Waals surface area contributed by atoms with E-state index in [0.717, 1.165) is 12.8 Å². The van der Waals surface area contributed by atoms with E-state index in [2.05, 4.69) is 0 Å². The number of piperidine rings is 1. The van der Waals surface area contributed by atoms with Crippen LogP contribution in [0, 0.1) is 5.21 Å². The predicted molar refractivity (Wildman–Crippen MR) is 99.0 cm³/mol. The number of benzene rings is 1. The summed E-state index contributed by atoms with van der Waals surface area (Å²) >= 11 is 1.51. The Morgan fingerprint density at radius 3 is 2.42 bits per heavy atom. The van der Waals surface area contributed by atoms with Gasteiger partial charge in [0.05, 0.1) is 13.1 Å². The van der Waals surface area contributed by atoms with E-state index < -0.39 is 0 Å². The summed E-state index contributed by atoms with van der Waals surface area (Å²) in [6, 6.07) is 8.97. The number of hydroxylamine groups is 3. The molecule has 3 rings (SSSR count). The van der Waals surface area contributed by atoms with Crippen LogP contribution in [0.25, 0.3) is 0 Å². The summed E-state index contributed by atoms with van der Waals surface area (Å²) in [6.45, 7) is 2.33. The van der Waals surface area contributed by atoms with Gasteiger partial charge in [0.1, 0.15) is 18.9 Å². The number of carbonyl (C=O) groups excluding carboxylic acids is 1. The van der Waals surface area contributed by atoms with Crippen molar-refractivity contribution in [3.63, 3.8) is 0 Å². The first-order valence-electron chi connectivity index (χ1n) is 8.03. The Hall–Kier alpha value is -1.40. The number of hydrogen-bond donors (Lipinski definition) is 0. The second kappa shape index (κ2) is 8.62. The van der Waals surface area contributed by atoms with Gasteiger partial charge in [-0.05, 0) is 55.0 Å². The van der Waals surface area contributed by atoms with E-state index in [9.17, 15) is 10.0 Å². The van der Waals surface area contributed by atoms with Gasteiger partial charge in [0, 0.05) is 16.5 Å². The Kier molecular flexibility index (Phi) is 6.80. The van der Waals surface area contributed by atoms with Crippen LogP contribution in [-0.2, 0) is 0 Å². The molecular formula is C18H22ClNO3S. The van der Waals surface area contributed by atoms with Crippen molar-refractivity contribution < 1.29 is 14.2 Å². The van der Waals surface area contributed by atoms with E-state index in [1.54, 1.807) is 24.3 Å². The van der Waals surface area contributed by atoms with E-state index in [0.29, 0.717) is 43.1 Å². The third kappa shape index (κ3) is 4.80. The summed E-state index contributed by atoms with van der Waals surface area (Å²) in [6.07, 6.45) is 3.20. The Bertz CT molecular complexity index is 637. The molecule has 1 fully saturated rings. The molecule has 0 aliphatic carbocycles. The number of ketones is 1. The smallest absolute Gasteiger partial charge is 0.193 e. The Morgan fingerprint density at radius 1 is 1.08 bits per heavy atom. The van der Waals surface area contributed by atoms with Crippen molar-refractivity contribution in [1.82, 2.24) is 0 Å². The normalized spacial score (nSPS) is 16.2. The largest absolute Gasteiger partial charge is 0.633 e. The van der Waals surface area contributed by atoms with Gasteiger partial charge < -0.3 is 14.6 Å². The van der Waals surface area contributed by atoms with Crippen molar-refractivity contribution in [3.8, 4) is 5.75 Å². The summed E-state index contributed by atoms with van der Waals surface area (Å²) in [4.78, 5) is 12.2. The van der Waals surface area contributed by atoms with Gasteiger partial charge in [0.2, 0.25) is 0 Å². The zero-order valence-electron chi connectivity index (χ0n) is 13.5. The highest BCUT2D eigenvalue weighted by Gasteiger charge is 2.20. The van der Waals surface area contributed by atoms with Crippen LogP contribution in [-0.4, -0.2) is 36.7 Å². The molecule has 1 aromatic carbocycles. The SMILES string of the molecule is Cl.O=C(c1ccc(OCC[N+]2([O-])CCCCC2)cc1)c1ccsc1. The lowest BCUT2D eigenvalue weighted by molar-refractivity contribution is -0.885. The number of thiophene rings is 1. The fourth-order valence-electron chi connectivity index (χ4n) is 2.90. The molecule has 0 unspecified atom stereocenters. The van der Waals surface area contributed by atoms with E-state index in [1.807, 2.05) is 16.8 Å². The Labute approximate surface area is 152 Å². The van der Waals surface area contributed by atoms with Gasteiger partial charge in [0.25, 0.3) is 0 Å². The van der Waals surface area contributed by atoms with Crippen LogP contribution in [0.2, 0.25) is 0 Å². The molecule has 0 amide bonds. The molecule has 1 aliphatic rings. The molecule has 0 N–H and O–H groups in total. The average molecular weight is 368 g/mol. The molecule has 4 nitrogen and oxygen atoms in total. The number of hydrogen-bond acceptors (Lipinski definition) is 4. The number of carbonyl (C=O) groups is 1. The topological polar surface area (TPSA) is 49.4 Å². The summed E-state index contributed by atoms with van der Waals surface area (Å²) in [5.41, 5.74) is 1.37. The second-order valence-electron chi connectivity index (χ2n) is 6.00. The van der Waals surface area contributed by atoms with Crippen LogP contribution in [0.3, 0.4) is 0 Å². The number of nitrogens with zero attached hydrogens (tertiary/aromatic N) is 1. The average Bonchev–Trinajstić information content (AvgIpc) is 3.10. The minimum atomic E-state index is -0.130. The summed E-state index contributed by atoms with van der Waals surface area (Å²) in [5, 5.41) is 16.1. The van der Waals surface area contributed by atoms with Crippen molar-refractivity contribution in [3.05, 3.63) is 57.4 Å². The lowest BCUT2D eigenvalue weighted by Crippen LogP contribution is -2.48. The van der Waals surface area contributed by atoms with Gasteiger partial charge in [-0.2, -0.15) is 11.3 Å². The lowest BCUT2D eigenvalue weighted by Gasteiger charge is -2.45. The molecule has 24 heavy (non-hydrogen) atoms. The first-order valence-corrected chi connectivity index (χ1v) is 8.97. The van der Waals surface area contributed by atoms with Crippen LogP contribution in [0.4, 0.5) is 0 Å². The van der Waals surface area contributed by atoms with Crippen LogP contribution < -0.4 is 4.74 Å². The van der Waals surface area contributed by atoms with Crippen molar-refractivity contribution in [2.75, 3.05) is 26.2 Å². The Balaban J connectivity index is 0.00000208. The fourth-order valence-corrected chi connectivity index (χ4v) is 3.54. The molecule has 130 valence electrons. The molecule has 1 aliphatic heterocycles. The van der Waals surface area contributed by atoms with E-state index in [1.165, 1.54) is 17.8 Å². The third-order valence-electron chi connectivity index (χ3n) is 4.30. The molecule has 0 atom stereocenters. The quantitative estimate of drug-likeness (QED) is 0.435. The number of rotatable bonds is 6. The van der Waals surface area contributed by atoms with Crippen molar-refractivity contribution >= 4 is 29.5 Å². The summed E-state index contributed by atoms with van der Waals surface area (Å²) < 4.78 is 5.54. The van der Waals surface area contributed by atoms with E-state index in [-0.39, 0.29) is 22.8 Å². The molecule has 1 saturated heterocycles. The van der Waals surface area contributed by atoms with Gasteiger partial charge in [0.15, 0.2) is 5.78 Å². The van der Waals surface area contributed by atoms with Gasteiger partial charge >= 0.3 is 0 Å². The highest BCUT2D eigenvalue weighted by Crippen LogP contribution is 2.19. The Morgan fingerprint density at radius 2 is 1.79 bits per heavy atom. The number of ether oxygens (including phenoxy) is 1.